The Morgan fingerprint density at radius 2 is 1.82 bits per heavy atom. The maximum Gasteiger partial charge on any atom is 0.404 e. The van der Waals surface area contributed by atoms with E-state index in [1.807, 2.05) is 0 Å². The van der Waals surface area contributed by atoms with E-state index in [0.717, 1.165) is 0 Å². The minimum absolute atomic E-state index is 0.453. The van der Waals surface area contributed by atoms with Crippen molar-refractivity contribution < 1.29 is 23.1 Å². The molecule has 0 aromatic rings. The van der Waals surface area contributed by atoms with Crippen LogP contribution in [-0.2, 0) is 4.79 Å². The molecule has 0 spiro atoms. The molecular formula is C6H9F3O2. The third kappa shape index (κ3) is 1.64. The molecular weight excluding hydrogens is 161 g/mol. The lowest BCUT2D eigenvalue weighted by atomic mass is 9.87. The quantitative estimate of drug-likeness (QED) is 0.688. The lowest BCUT2D eigenvalue weighted by Crippen LogP contribution is -2.41. The minimum atomic E-state index is -4.67. The van der Waals surface area contributed by atoms with E-state index in [9.17, 15) is 18.0 Å². The van der Waals surface area contributed by atoms with E-state index in [-0.39, 0.29) is 0 Å². The van der Waals surface area contributed by atoms with Gasteiger partial charge in [0.15, 0.2) is 5.41 Å². The summed E-state index contributed by atoms with van der Waals surface area (Å²) < 4.78 is 35.9. The fourth-order valence-corrected chi connectivity index (χ4v) is 0.473. The first-order valence-corrected chi connectivity index (χ1v) is 3.06. The average Bonchev–Trinajstić information content (AvgIpc) is 1.83. The molecule has 0 aliphatic rings. The van der Waals surface area contributed by atoms with Gasteiger partial charge in [0.25, 0.3) is 0 Å². The van der Waals surface area contributed by atoms with Gasteiger partial charge in [-0.3, -0.25) is 4.79 Å². The topological polar surface area (TPSA) is 37.3 Å². The second-order valence-electron chi connectivity index (χ2n) is 2.49. The molecule has 1 atom stereocenters. The summed E-state index contributed by atoms with van der Waals surface area (Å²) in [5.41, 5.74) is -2.60. The van der Waals surface area contributed by atoms with Gasteiger partial charge in [-0.15, -0.1) is 0 Å². The van der Waals surface area contributed by atoms with Gasteiger partial charge in [0, 0.05) is 0 Å². The van der Waals surface area contributed by atoms with Gasteiger partial charge in [-0.1, -0.05) is 6.92 Å². The Morgan fingerprint density at radius 1 is 1.45 bits per heavy atom. The predicted molar refractivity (Wildman–Crippen MR) is 32.1 cm³/mol. The van der Waals surface area contributed by atoms with Crippen molar-refractivity contribution in [2.75, 3.05) is 0 Å². The lowest BCUT2D eigenvalue weighted by molar-refractivity contribution is -0.227. The summed E-state index contributed by atoms with van der Waals surface area (Å²) in [5, 5.41) is 8.25. The standard InChI is InChI=1S/C6H9F3O2/c1-3-5(2,4(10)11)6(7,8)9/h3H2,1-2H3,(H,10,11). The summed E-state index contributed by atoms with van der Waals surface area (Å²) in [6.07, 6.45) is -5.13. The highest BCUT2D eigenvalue weighted by atomic mass is 19.4. The molecule has 0 amide bonds. The van der Waals surface area contributed by atoms with Crippen LogP contribution in [-0.4, -0.2) is 17.3 Å². The lowest BCUT2D eigenvalue weighted by Gasteiger charge is -2.25. The maximum absolute atomic E-state index is 12.0. The van der Waals surface area contributed by atoms with Crippen LogP contribution in [0.5, 0.6) is 0 Å². The summed E-state index contributed by atoms with van der Waals surface area (Å²) >= 11 is 0. The number of rotatable bonds is 2. The van der Waals surface area contributed by atoms with Crippen molar-refractivity contribution in [1.82, 2.24) is 0 Å². The normalized spacial score (nSPS) is 17.5. The van der Waals surface area contributed by atoms with E-state index in [2.05, 4.69) is 0 Å². The number of carboxylic acids is 1. The van der Waals surface area contributed by atoms with Gasteiger partial charge in [0.1, 0.15) is 0 Å². The van der Waals surface area contributed by atoms with Crippen LogP contribution >= 0.6 is 0 Å². The minimum Gasteiger partial charge on any atom is -0.481 e. The monoisotopic (exact) mass is 170 g/mol. The highest BCUT2D eigenvalue weighted by Gasteiger charge is 2.55. The van der Waals surface area contributed by atoms with Gasteiger partial charge < -0.3 is 5.11 Å². The fraction of sp³-hybridized carbons (Fsp3) is 0.833. The van der Waals surface area contributed by atoms with Crippen LogP contribution < -0.4 is 0 Å². The van der Waals surface area contributed by atoms with Crippen molar-refractivity contribution in [1.29, 1.82) is 0 Å². The Balaban J connectivity index is 4.75. The van der Waals surface area contributed by atoms with Crippen molar-refractivity contribution in [2.45, 2.75) is 26.4 Å². The molecule has 0 saturated heterocycles. The number of hydrogen-bond donors (Lipinski definition) is 1. The van der Waals surface area contributed by atoms with Crippen molar-refractivity contribution in [3.8, 4) is 0 Å². The Labute approximate surface area is 62.0 Å². The molecule has 0 rings (SSSR count). The van der Waals surface area contributed by atoms with Crippen LogP contribution in [0, 0.1) is 5.41 Å². The zero-order valence-corrected chi connectivity index (χ0v) is 6.20. The molecule has 0 saturated carbocycles. The summed E-state index contributed by atoms with van der Waals surface area (Å²) in [6.45, 7) is 1.87. The molecule has 1 unspecified atom stereocenters. The first kappa shape index (κ1) is 10.3. The molecule has 0 radical (unpaired) electrons. The summed E-state index contributed by atoms with van der Waals surface area (Å²) in [6, 6.07) is 0. The summed E-state index contributed by atoms with van der Waals surface area (Å²) in [4.78, 5) is 10.2. The molecule has 0 aromatic heterocycles. The van der Waals surface area contributed by atoms with Gasteiger partial charge in [-0.05, 0) is 13.3 Å². The summed E-state index contributed by atoms with van der Waals surface area (Å²) in [7, 11) is 0. The van der Waals surface area contributed by atoms with Crippen molar-refractivity contribution in [3.63, 3.8) is 0 Å². The molecule has 11 heavy (non-hydrogen) atoms. The molecule has 0 heterocycles. The second-order valence-corrected chi connectivity index (χ2v) is 2.49. The Bertz CT molecular complexity index is 164. The highest BCUT2D eigenvalue weighted by molar-refractivity contribution is 5.75. The molecule has 2 nitrogen and oxygen atoms in total. The molecule has 0 bridgehead atoms. The fourth-order valence-electron chi connectivity index (χ4n) is 0.473. The molecule has 1 N–H and O–H groups in total. The van der Waals surface area contributed by atoms with E-state index in [1.54, 1.807) is 0 Å². The van der Waals surface area contributed by atoms with Gasteiger partial charge in [0.2, 0.25) is 0 Å². The summed E-state index contributed by atoms with van der Waals surface area (Å²) in [5.74, 6) is -1.83. The molecule has 5 heteroatoms. The van der Waals surface area contributed by atoms with Crippen LogP contribution in [0.3, 0.4) is 0 Å². The van der Waals surface area contributed by atoms with Crippen LogP contribution in [0.1, 0.15) is 20.3 Å². The Kier molecular flexibility index (Phi) is 2.53. The number of hydrogen-bond acceptors (Lipinski definition) is 1. The van der Waals surface area contributed by atoms with Crippen LogP contribution in [0.15, 0.2) is 0 Å². The largest absolute Gasteiger partial charge is 0.481 e. The van der Waals surface area contributed by atoms with E-state index in [0.29, 0.717) is 6.92 Å². The van der Waals surface area contributed by atoms with Crippen LogP contribution in [0.2, 0.25) is 0 Å². The molecule has 0 aromatic carbocycles. The highest BCUT2D eigenvalue weighted by Crippen LogP contribution is 2.40. The van der Waals surface area contributed by atoms with E-state index < -0.39 is 24.0 Å². The maximum atomic E-state index is 12.0. The number of aliphatic carboxylic acids is 1. The Hall–Kier alpha value is -0.740. The van der Waals surface area contributed by atoms with Gasteiger partial charge in [-0.25, -0.2) is 0 Å². The molecule has 0 aliphatic heterocycles. The van der Waals surface area contributed by atoms with Crippen molar-refractivity contribution in [3.05, 3.63) is 0 Å². The van der Waals surface area contributed by atoms with Gasteiger partial charge in [-0.2, -0.15) is 13.2 Å². The van der Waals surface area contributed by atoms with E-state index in [1.165, 1.54) is 6.92 Å². The van der Waals surface area contributed by atoms with Gasteiger partial charge >= 0.3 is 12.1 Å². The van der Waals surface area contributed by atoms with Crippen LogP contribution in [0.25, 0.3) is 0 Å². The Morgan fingerprint density at radius 3 is 1.82 bits per heavy atom. The molecule has 66 valence electrons. The third-order valence-corrected chi connectivity index (χ3v) is 1.80. The third-order valence-electron chi connectivity index (χ3n) is 1.80. The zero-order valence-electron chi connectivity index (χ0n) is 6.20. The van der Waals surface area contributed by atoms with Crippen LogP contribution in [0.4, 0.5) is 13.2 Å². The number of alkyl halides is 3. The second kappa shape index (κ2) is 2.71. The SMILES string of the molecule is CCC(C)(C(=O)O)C(F)(F)F. The van der Waals surface area contributed by atoms with Gasteiger partial charge in [0.05, 0.1) is 0 Å². The zero-order chi connectivity index (χ0) is 9.28. The number of carboxylic acid groups (broad SMARTS) is 1. The first-order valence-electron chi connectivity index (χ1n) is 3.06. The van der Waals surface area contributed by atoms with Crippen molar-refractivity contribution in [2.24, 2.45) is 5.41 Å². The van der Waals surface area contributed by atoms with E-state index >= 15 is 0 Å². The van der Waals surface area contributed by atoms with E-state index in [4.69, 9.17) is 5.11 Å². The molecule has 0 aliphatic carbocycles. The number of carbonyl (C=O) groups is 1. The number of halogens is 3. The molecule has 0 fully saturated rings. The smallest absolute Gasteiger partial charge is 0.404 e. The average molecular weight is 170 g/mol. The predicted octanol–water partition coefficient (Wildman–Crippen LogP) is 2.05. The first-order chi connectivity index (χ1) is 4.75. The van der Waals surface area contributed by atoms with Crippen molar-refractivity contribution >= 4 is 5.97 Å².